The Morgan fingerprint density at radius 3 is 2.53 bits per heavy atom. The van der Waals surface area contributed by atoms with Gasteiger partial charge in [0.15, 0.2) is 11.6 Å². The maximum Gasteiger partial charge on any atom is 0.293 e. The molecule has 0 radical (unpaired) electrons. The maximum atomic E-state index is 15.0. The number of aryl methyl sites for hydroxylation is 3. The molecule has 12 heteroatoms. The fourth-order valence-corrected chi connectivity index (χ4v) is 6.65. The first kappa shape index (κ1) is 28.7. The Labute approximate surface area is 252 Å². The predicted octanol–water partition coefficient (Wildman–Crippen LogP) is 4.36. The van der Waals surface area contributed by atoms with Crippen LogP contribution in [0.5, 0.6) is 0 Å². The number of pyridine rings is 1. The number of anilines is 3. The molecular weight excluding hydrogens is 569 g/mol. The zero-order valence-electron chi connectivity index (χ0n) is 24.2. The van der Waals surface area contributed by atoms with Gasteiger partial charge in [-0.25, -0.2) is 14.4 Å². The number of carbonyl (C=O) groups excluding carboxylic acids is 2. The number of piperazine rings is 1. The molecule has 1 aliphatic carbocycles. The number of nitrogens with one attached hydrogen (secondary N) is 2. The van der Waals surface area contributed by atoms with Crippen molar-refractivity contribution in [2.45, 2.75) is 31.7 Å². The second kappa shape index (κ2) is 11.7. The number of nitrogens with zero attached hydrogens (tertiary/aromatic N) is 5. The van der Waals surface area contributed by atoms with E-state index in [1.165, 1.54) is 44.7 Å². The molecule has 1 atom stereocenters. The van der Waals surface area contributed by atoms with E-state index in [2.05, 4.69) is 20.6 Å². The Bertz CT molecular complexity index is 1740. The van der Waals surface area contributed by atoms with E-state index in [4.69, 9.17) is 0 Å². The molecule has 43 heavy (non-hydrogen) atoms. The highest BCUT2D eigenvalue weighted by Crippen LogP contribution is 2.31. The number of halogens is 1. The van der Waals surface area contributed by atoms with Crippen LogP contribution in [0.25, 0.3) is 11.4 Å². The SMILES string of the molecule is CN1CCN(C)C(c2ccc(Nc3nc(-c4nc(NC(=O)c5cc6c(s5)CCCC6)ccc4F)cn(C)c3=O)cc2)C1=O. The van der Waals surface area contributed by atoms with Gasteiger partial charge in [-0.1, -0.05) is 12.1 Å². The Morgan fingerprint density at radius 2 is 1.77 bits per heavy atom. The van der Waals surface area contributed by atoms with Gasteiger partial charge in [0.05, 0.1) is 4.88 Å². The van der Waals surface area contributed by atoms with Crippen molar-refractivity contribution in [2.75, 3.05) is 37.8 Å². The van der Waals surface area contributed by atoms with E-state index in [-0.39, 0.29) is 40.9 Å². The topological polar surface area (TPSA) is 112 Å². The summed E-state index contributed by atoms with van der Waals surface area (Å²) < 4.78 is 16.3. The standard InChI is InChI=1S/C31H32FN7O3S/c1-37-14-15-38(2)30(41)27(37)18-8-10-20(11-9-18)33-28-31(42)39(3)17-22(34-28)26-21(32)12-13-25(35-26)36-29(40)24-16-19-6-4-5-7-23(19)43-24/h8-13,16-17,27H,4-7,14-15H2,1-3H3,(H,33,34)(H,35,36,40). The molecule has 1 aromatic carbocycles. The van der Waals surface area contributed by atoms with Crippen LogP contribution in [0.2, 0.25) is 0 Å². The molecule has 4 heterocycles. The van der Waals surface area contributed by atoms with Crippen LogP contribution in [-0.4, -0.2) is 63.3 Å². The highest BCUT2D eigenvalue weighted by molar-refractivity contribution is 7.14. The molecule has 0 saturated carbocycles. The van der Waals surface area contributed by atoms with E-state index in [1.54, 1.807) is 31.1 Å². The largest absolute Gasteiger partial charge is 0.343 e. The minimum atomic E-state index is -0.641. The minimum Gasteiger partial charge on any atom is -0.343 e. The highest BCUT2D eigenvalue weighted by atomic mass is 32.1. The molecule has 0 bridgehead atoms. The first-order valence-electron chi connectivity index (χ1n) is 14.2. The van der Waals surface area contributed by atoms with Crippen molar-refractivity contribution in [3.05, 3.63) is 85.7 Å². The van der Waals surface area contributed by atoms with Crippen LogP contribution in [0, 0.1) is 5.82 Å². The van der Waals surface area contributed by atoms with Crippen molar-refractivity contribution < 1.29 is 14.0 Å². The third kappa shape index (κ3) is 5.80. The van der Waals surface area contributed by atoms with Gasteiger partial charge in [-0.15, -0.1) is 11.3 Å². The van der Waals surface area contributed by atoms with Crippen molar-refractivity contribution in [2.24, 2.45) is 7.05 Å². The first-order chi connectivity index (χ1) is 20.7. The second-order valence-electron chi connectivity index (χ2n) is 11.0. The van der Waals surface area contributed by atoms with Crippen molar-refractivity contribution in [3.8, 4) is 11.4 Å². The average Bonchev–Trinajstić information content (AvgIpc) is 3.44. The molecular formula is C31H32FN7O3S. The van der Waals surface area contributed by atoms with Gasteiger partial charge in [-0.2, -0.15) is 0 Å². The summed E-state index contributed by atoms with van der Waals surface area (Å²) in [4.78, 5) is 53.0. The first-order valence-corrected chi connectivity index (χ1v) is 15.0. The fraction of sp³-hybridized carbons (Fsp3) is 0.323. The molecule has 1 unspecified atom stereocenters. The van der Waals surface area contributed by atoms with E-state index in [1.807, 2.05) is 30.1 Å². The van der Waals surface area contributed by atoms with Crippen LogP contribution in [-0.2, 0) is 24.7 Å². The van der Waals surface area contributed by atoms with Gasteiger partial charge in [0.2, 0.25) is 5.91 Å². The summed E-state index contributed by atoms with van der Waals surface area (Å²) in [5.74, 6) is -0.742. The van der Waals surface area contributed by atoms with Crippen LogP contribution < -0.4 is 16.2 Å². The molecule has 2 aliphatic rings. The molecule has 3 aromatic heterocycles. The zero-order valence-corrected chi connectivity index (χ0v) is 25.0. The molecule has 10 nitrogen and oxygen atoms in total. The van der Waals surface area contributed by atoms with E-state index in [0.29, 0.717) is 17.1 Å². The lowest BCUT2D eigenvalue weighted by Crippen LogP contribution is -2.48. The van der Waals surface area contributed by atoms with Crippen LogP contribution in [0.3, 0.4) is 0 Å². The van der Waals surface area contributed by atoms with E-state index in [0.717, 1.165) is 37.8 Å². The van der Waals surface area contributed by atoms with Crippen molar-refractivity contribution in [1.82, 2.24) is 24.3 Å². The normalized spacial score (nSPS) is 17.1. The van der Waals surface area contributed by atoms with E-state index in [9.17, 15) is 14.4 Å². The van der Waals surface area contributed by atoms with Gasteiger partial charge >= 0.3 is 0 Å². The quantitative estimate of drug-likeness (QED) is 0.338. The summed E-state index contributed by atoms with van der Waals surface area (Å²) in [6.07, 6.45) is 5.62. The van der Waals surface area contributed by atoms with Crippen LogP contribution in [0.4, 0.5) is 21.7 Å². The number of amides is 2. The number of hydrogen-bond donors (Lipinski definition) is 2. The summed E-state index contributed by atoms with van der Waals surface area (Å²) >= 11 is 1.49. The Hall–Kier alpha value is -4.42. The average molecular weight is 602 g/mol. The summed E-state index contributed by atoms with van der Waals surface area (Å²) in [7, 11) is 5.26. The molecule has 2 N–H and O–H groups in total. The summed E-state index contributed by atoms with van der Waals surface area (Å²) in [6, 6.07) is 11.4. The van der Waals surface area contributed by atoms with Crippen LogP contribution in [0.1, 0.15) is 44.6 Å². The van der Waals surface area contributed by atoms with Gasteiger partial charge in [0.1, 0.15) is 23.2 Å². The molecule has 1 aliphatic heterocycles. The molecule has 0 spiro atoms. The third-order valence-electron chi connectivity index (χ3n) is 7.95. The Balaban J connectivity index is 1.23. The predicted molar refractivity (Wildman–Crippen MR) is 164 cm³/mol. The van der Waals surface area contributed by atoms with E-state index < -0.39 is 11.4 Å². The number of benzene rings is 1. The maximum absolute atomic E-state index is 15.0. The zero-order chi connectivity index (χ0) is 30.2. The Kier molecular flexibility index (Phi) is 7.80. The van der Waals surface area contributed by atoms with Crippen molar-refractivity contribution in [1.29, 1.82) is 0 Å². The van der Waals surface area contributed by atoms with Gasteiger partial charge in [0, 0.05) is 43.9 Å². The highest BCUT2D eigenvalue weighted by Gasteiger charge is 2.32. The minimum absolute atomic E-state index is 0.0156. The number of carbonyl (C=O) groups is 2. The van der Waals surface area contributed by atoms with Crippen LogP contribution in [0.15, 0.2) is 53.5 Å². The van der Waals surface area contributed by atoms with Gasteiger partial charge < -0.3 is 20.1 Å². The molecule has 222 valence electrons. The van der Waals surface area contributed by atoms with Gasteiger partial charge in [-0.05, 0) is 74.2 Å². The number of aromatic nitrogens is 3. The summed E-state index contributed by atoms with van der Waals surface area (Å²) in [5, 5.41) is 5.80. The molecule has 2 amide bonds. The lowest BCUT2D eigenvalue weighted by molar-refractivity contribution is -0.139. The number of hydrogen-bond acceptors (Lipinski definition) is 8. The number of fused-ring (bicyclic) bond motifs is 1. The molecule has 1 saturated heterocycles. The third-order valence-corrected chi connectivity index (χ3v) is 9.19. The summed E-state index contributed by atoms with van der Waals surface area (Å²) in [5.41, 5.74) is 2.26. The summed E-state index contributed by atoms with van der Waals surface area (Å²) in [6.45, 7) is 1.45. The number of rotatable bonds is 6. The van der Waals surface area contributed by atoms with Gasteiger partial charge in [0.25, 0.3) is 11.5 Å². The van der Waals surface area contributed by atoms with Crippen molar-refractivity contribution >= 4 is 40.5 Å². The second-order valence-corrected chi connectivity index (χ2v) is 12.2. The molecule has 6 rings (SSSR count). The van der Waals surface area contributed by atoms with Crippen molar-refractivity contribution in [3.63, 3.8) is 0 Å². The lowest BCUT2D eigenvalue weighted by Gasteiger charge is -2.37. The fourth-order valence-electron chi connectivity index (χ4n) is 5.50. The number of likely N-dealkylation sites (N-methyl/N-ethyl adjacent to an activating group) is 2. The van der Waals surface area contributed by atoms with Crippen LogP contribution >= 0.6 is 11.3 Å². The lowest BCUT2D eigenvalue weighted by atomic mass is 9.99. The molecule has 1 fully saturated rings. The number of thiophene rings is 1. The monoisotopic (exact) mass is 601 g/mol. The van der Waals surface area contributed by atoms with Gasteiger partial charge in [-0.3, -0.25) is 19.3 Å². The van der Waals surface area contributed by atoms with E-state index >= 15 is 4.39 Å². The Morgan fingerprint density at radius 1 is 1.00 bits per heavy atom. The molecule has 4 aromatic rings. The smallest absolute Gasteiger partial charge is 0.293 e.